The summed E-state index contributed by atoms with van der Waals surface area (Å²) in [6, 6.07) is 20.3. The van der Waals surface area contributed by atoms with Gasteiger partial charge in [0.25, 0.3) is 0 Å². The van der Waals surface area contributed by atoms with Crippen LogP contribution in [-0.2, 0) is 5.41 Å². The first kappa shape index (κ1) is 15.5. The third-order valence-electron chi connectivity index (χ3n) is 4.16. The number of fused-ring (bicyclic) bond motifs is 1. The molecule has 2 aromatic heterocycles. The maximum absolute atomic E-state index is 4.92. The summed E-state index contributed by atoms with van der Waals surface area (Å²) < 4.78 is 3.94. The molecule has 2 heterocycles. The lowest BCUT2D eigenvalue weighted by atomic mass is 9.93. The molecule has 25 heavy (non-hydrogen) atoms. The second-order valence-corrected chi connectivity index (χ2v) is 7.09. The largest absolute Gasteiger partial charge is 0.309 e. The third kappa shape index (κ3) is 2.80. The fraction of sp³-hybridized carbons (Fsp3) is 0.190. The van der Waals surface area contributed by atoms with Crippen LogP contribution >= 0.6 is 0 Å². The van der Waals surface area contributed by atoms with Crippen molar-refractivity contribution in [2.45, 2.75) is 26.2 Å². The predicted molar refractivity (Wildman–Crippen MR) is 97.9 cm³/mol. The number of imidazole rings is 1. The van der Waals surface area contributed by atoms with E-state index in [1.165, 1.54) is 0 Å². The van der Waals surface area contributed by atoms with Gasteiger partial charge in [-0.25, -0.2) is 0 Å². The molecule has 0 amide bonds. The number of rotatable bonds is 2. The Hall–Kier alpha value is -3.01. The van der Waals surface area contributed by atoms with Gasteiger partial charge in [0.2, 0.25) is 5.65 Å². The number of benzene rings is 2. The first-order chi connectivity index (χ1) is 12.0. The summed E-state index contributed by atoms with van der Waals surface area (Å²) in [5.41, 5.74) is 4.53. The molecule has 0 atom stereocenters. The van der Waals surface area contributed by atoms with Crippen molar-refractivity contribution >= 4 is 11.3 Å². The number of para-hydroxylation sites is 2. The molecule has 0 radical (unpaired) electrons. The fourth-order valence-electron chi connectivity index (χ4n) is 2.75. The first-order valence-electron chi connectivity index (χ1n) is 8.38. The number of nitrogens with zero attached hydrogens (tertiary/aromatic N) is 4. The predicted octanol–water partition coefficient (Wildman–Crippen LogP) is 3.79. The number of hydrogen-bond donors (Lipinski definition) is 0. The van der Waals surface area contributed by atoms with E-state index < -0.39 is 0 Å². The second-order valence-electron chi connectivity index (χ2n) is 7.09. The van der Waals surface area contributed by atoms with Crippen LogP contribution in [0.2, 0.25) is 0 Å². The highest BCUT2D eigenvalue weighted by atomic mass is 15.2. The Labute approximate surface area is 147 Å². The zero-order valence-electron chi connectivity index (χ0n) is 14.6. The lowest BCUT2D eigenvalue weighted by Crippen LogP contribution is -2.31. The summed E-state index contributed by atoms with van der Waals surface area (Å²) in [6.07, 6.45) is 5.28. The standard InChI is InChI=1S/C21H20N4/c1-21(2,3)18-14-22-19-20(23-18)25(17-12-8-5-9-13-17)15-24(19)16-10-6-4-7-11-16/h4-14H,1-3H3. The summed E-state index contributed by atoms with van der Waals surface area (Å²) in [5.74, 6) is 0. The van der Waals surface area contributed by atoms with Crippen LogP contribution in [0.5, 0.6) is 0 Å². The zero-order valence-corrected chi connectivity index (χ0v) is 14.6. The first-order valence-corrected chi connectivity index (χ1v) is 8.38. The summed E-state index contributed by atoms with van der Waals surface area (Å²) >= 11 is 0. The van der Waals surface area contributed by atoms with Crippen LogP contribution in [0.1, 0.15) is 26.5 Å². The Morgan fingerprint density at radius 2 is 1.56 bits per heavy atom. The van der Waals surface area contributed by atoms with E-state index in [4.69, 9.17) is 9.97 Å². The average molecular weight is 328 g/mol. The Kier molecular flexibility index (Phi) is 3.61. The van der Waals surface area contributed by atoms with Crippen molar-refractivity contribution < 1.29 is 4.57 Å². The zero-order chi connectivity index (χ0) is 17.4. The molecule has 4 rings (SSSR count). The maximum atomic E-state index is 4.92. The van der Waals surface area contributed by atoms with Crippen LogP contribution in [0.15, 0.2) is 66.9 Å². The van der Waals surface area contributed by atoms with Gasteiger partial charge in [0.15, 0.2) is 12.0 Å². The minimum absolute atomic E-state index is 0.0649. The smallest absolute Gasteiger partial charge is 0.227 e. The van der Waals surface area contributed by atoms with E-state index >= 15 is 0 Å². The molecule has 4 heteroatoms. The highest BCUT2D eigenvalue weighted by Gasteiger charge is 2.22. The third-order valence-corrected chi connectivity index (χ3v) is 4.16. The molecule has 0 aliphatic rings. The van der Waals surface area contributed by atoms with E-state index in [9.17, 15) is 0 Å². The van der Waals surface area contributed by atoms with Gasteiger partial charge in [-0.1, -0.05) is 81.4 Å². The molecule has 0 bridgehead atoms. The monoisotopic (exact) mass is 328 g/mol. The molecular formula is C21H20N4. The molecule has 0 saturated carbocycles. The second kappa shape index (κ2) is 5.81. The Bertz CT molecular complexity index is 1010. The topological polar surface area (TPSA) is 34.6 Å². The summed E-state index contributed by atoms with van der Waals surface area (Å²) in [4.78, 5) is 9.64. The molecule has 0 spiro atoms. The van der Waals surface area contributed by atoms with E-state index in [0.29, 0.717) is 0 Å². The average Bonchev–Trinajstić information content (AvgIpc) is 3.01. The van der Waals surface area contributed by atoms with Crippen LogP contribution in [0, 0.1) is 6.33 Å². The van der Waals surface area contributed by atoms with Gasteiger partial charge in [-0.05, 0) is 0 Å². The fourth-order valence-corrected chi connectivity index (χ4v) is 2.75. The van der Waals surface area contributed by atoms with E-state index in [1.54, 1.807) is 0 Å². The van der Waals surface area contributed by atoms with Gasteiger partial charge in [0.1, 0.15) is 5.69 Å². The Morgan fingerprint density at radius 3 is 2.20 bits per heavy atom. The molecule has 4 nitrogen and oxygen atoms in total. The van der Waals surface area contributed by atoms with Crippen LogP contribution in [0.25, 0.3) is 22.7 Å². The van der Waals surface area contributed by atoms with Gasteiger partial charge >= 0.3 is 0 Å². The quantitative estimate of drug-likeness (QED) is 0.414. The molecule has 2 aromatic carbocycles. The van der Waals surface area contributed by atoms with E-state index in [0.717, 1.165) is 28.4 Å². The SMILES string of the molecule is CC(C)(C)c1cnc2c(n1)[n+](-c1ccccc1)[c-]n2-c1ccccc1. The van der Waals surface area contributed by atoms with Gasteiger partial charge in [-0.15, -0.1) is 4.98 Å². The molecular weight excluding hydrogens is 308 g/mol. The molecule has 4 aromatic rings. The van der Waals surface area contributed by atoms with Crippen molar-refractivity contribution in [2.75, 3.05) is 0 Å². The van der Waals surface area contributed by atoms with Gasteiger partial charge in [0, 0.05) is 16.8 Å². The molecule has 0 saturated heterocycles. The summed E-state index contributed by atoms with van der Waals surface area (Å²) in [5, 5.41) is 0. The molecule has 0 unspecified atom stereocenters. The van der Waals surface area contributed by atoms with Crippen molar-refractivity contribution in [1.29, 1.82) is 0 Å². The van der Waals surface area contributed by atoms with Crippen molar-refractivity contribution in [2.24, 2.45) is 0 Å². The van der Waals surface area contributed by atoms with Gasteiger partial charge < -0.3 is 4.57 Å². The highest BCUT2D eigenvalue weighted by Crippen LogP contribution is 2.22. The van der Waals surface area contributed by atoms with Gasteiger partial charge in [0.05, 0.1) is 6.20 Å². The molecule has 0 fully saturated rings. The normalized spacial score (nSPS) is 11.8. The van der Waals surface area contributed by atoms with Crippen LogP contribution in [0.3, 0.4) is 0 Å². The Morgan fingerprint density at radius 1 is 0.920 bits per heavy atom. The van der Waals surface area contributed by atoms with Crippen molar-refractivity contribution in [3.05, 3.63) is 78.9 Å². The molecule has 0 aliphatic heterocycles. The lowest BCUT2D eigenvalue weighted by molar-refractivity contribution is -0.574. The van der Waals surface area contributed by atoms with E-state index in [1.807, 2.05) is 63.9 Å². The molecule has 0 aliphatic carbocycles. The minimum atomic E-state index is -0.0649. The van der Waals surface area contributed by atoms with Crippen molar-refractivity contribution in [1.82, 2.24) is 14.5 Å². The van der Waals surface area contributed by atoms with Crippen LogP contribution in [0.4, 0.5) is 0 Å². The van der Waals surface area contributed by atoms with E-state index in [-0.39, 0.29) is 5.41 Å². The van der Waals surface area contributed by atoms with Crippen LogP contribution in [-0.4, -0.2) is 14.5 Å². The lowest BCUT2D eigenvalue weighted by Gasteiger charge is -2.15. The highest BCUT2D eigenvalue weighted by molar-refractivity contribution is 5.65. The van der Waals surface area contributed by atoms with Crippen LogP contribution < -0.4 is 4.57 Å². The minimum Gasteiger partial charge on any atom is -0.309 e. The van der Waals surface area contributed by atoms with Gasteiger partial charge in [-0.3, -0.25) is 9.55 Å². The molecule has 124 valence electrons. The van der Waals surface area contributed by atoms with Crippen molar-refractivity contribution in [3.8, 4) is 11.4 Å². The van der Waals surface area contributed by atoms with E-state index in [2.05, 4.69) is 39.2 Å². The van der Waals surface area contributed by atoms with Gasteiger partial charge in [-0.2, -0.15) is 0 Å². The Balaban J connectivity index is 2.02. The number of aromatic nitrogens is 4. The molecule has 0 N–H and O–H groups in total. The summed E-state index contributed by atoms with van der Waals surface area (Å²) in [7, 11) is 0. The maximum Gasteiger partial charge on any atom is 0.227 e. The van der Waals surface area contributed by atoms with Crippen molar-refractivity contribution in [3.63, 3.8) is 0 Å². The number of hydrogen-bond acceptors (Lipinski definition) is 2. The summed E-state index contributed by atoms with van der Waals surface area (Å²) in [6.45, 7) is 6.44.